The molecule has 0 aliphatic carbocycles. The highest BCUT2D eigenvalue weighted by Crippen LogP contribution is 2.19. The first-order chi connectivity index (χ1) is 14.3. The zero-order valence-corrected chi connectivity index (χ0v) is 16.5. The molecule has 0 aliphatic heterocycles. The molecule has 1 unspecified atom stereocenters. The second-order valence-corrected chi connectivity index (χ2v) is 6.67. The summed E-state index contributed by atoms with van der Waals surface area (Å²) >= 11 is 0. The first-order valence-corrected chi connectivity index (χ1v) is 9.69. The van der Waals surface area contributed by atoms with Gasteiger partial charge >= 0.3 is 0 Å². The molecule has 2 N–H and O–H groups in total. The van der Waals surface area contributed by atoms with E-state index in [1.165, 1.54) is 5.56 Å². The Morgan fingerprint density at radius 2 is 1.79 bits per heavy atom. The Morgan fingerprint density at radius 1 is 0.966 bits per heavy atom. The van der Waals surface area contributed by atoms with Crippen LogP contribution < -0.4 is 15.4 Å². The lowest BCUT2D eigenvalue weighted by Crippen LogP contribution is -2.39. The third-order valence-electron chi connectivity index (χ3n) is 4.64. The van der Waals surface area contributed by atoms with E-state index < -0.39 is 6.04 Å². The molecule has 1 atom stereocenters. The highest BCUT2D eigenvalue weighted by molar-refractivity contribution is 5.83. The van der Waals surface area contributed by atoms with Crippen LogP contribution in [0.25, 0.3) is 0 Å². The van der Waals surface area contributed by atoms with Crippen molar-refractivity contribution in [3.63, 3.8) is 0 Å². The number of aromatic nitrogens is 2. The Kier molecular flexibility index (Phi) is 7.72. The van der Waals surface area contributed by atoms with Crippen molar-refractivity contribution in [3.05, 3.63) is 90.0 Å². The van der Waals surface area contributed by atoms with Crippen molar-refractivity contribution < 1.29 is 9.53 Å². The monoisotopic (exact) mass is 390 g/mol. The normalized spacial score (nSPS) is 11.6. The van der Waals surface area contributed by atoms with Gasteiger partial charge in [-0.15, -0.1) is 0 Å². The fourth-order valence-corrected chi connectivity index (χ4v) is 3.07. The molecule has 3 aromatic rings. The van der Waals surface area contributed by atoms with E-state index in [4.69, 9.17) is 4.74 Å². The van der Waals surface area contributed by atoms with Gasteiger partial charge < -0.3 is 15.4 Å². The molecule has 0 fully saturated rings. The van der Waals surface area contributed by atoms with Gasteiger partial charge in [0.25, 0.3) is 0 Å². The van der Waals surface area contributed by atoms with Gasteiger partial charge in [-0.05, 0) is 59.9 Å². The van der Waals surface area contributed by atoms with E-state index >= 15 is 0 Å². The Bertz CT molecular complexity index is 888. The summed E-state index contributed by atoms with van der Waals surface area (Å²) in [6, 6.07) is 15.0. The summed E-state index contributed by atoms with van der Waals surface area (Å²) in [5, 5.41) is 6.42. The number of nitrogens with one attached hydrogen (secondary N) is 2. The molecule has 6 nitrogen and oxygen atoms in total. The van der Waals surface area contributed by atoms with E-state index in [0.717, 1.165) is 29.7 Å². The summed E-state index contributed by atoms with van der Waals surface area (Å²) in [6.45, 7) is 1.22. The summed E-state index contributed by atoms with van der Waals surface area (Å²) in [5.41, 5.74) is 3.14. The van der Waals surface area contributed by atoms with Crippen LogP contribution in [0.5, 0.6) is 5.75 Å². The van der Waals surface area contributed by atoms with Gasteiger partial charge in [0, 0.05) is 37.9 Å². The van der Waals surface area contributed by atoms with Gasteiger partial charge in [0.2, 0.25) is 5.91 Å². The van der Waals surface area contributed by atoms with E-state index in [9.17, 15) is 4.79 Å². The number of hydrogen-bond donors (Lipinski definition) is 2. The van der Waals surface area contributed by atoms with Crippen molar-refractivity contribution in [1.29, 1.82) is 0 Å². The van der Waals surface area contributed by atoms with Gasteiger partial charge in [-0.25, -0.2) is 0 Å². The molecule has 1 aromatic carbocycles. The molecule has 3 rings (SSSR count). The van der Waals surface area contributed by atoms with Crippen LogP contribution in [0.4, 0.5) is 0 Å². The third-order valence-corrected chi connectivity index (χ3v) is 4.64. The molecule has 2 aromatic heterocycles. The second kappa shape index (κ2) is 10.9. The van der Waals surface area contributed by atoms with E-state index in [1.807, 2.05) is 54.7 Å². The minimum Gasteiger partial charge on any atom is -0.497 e. The average Bonchev–Trinajstić information content (AvgIpc) is 2.78. The molecule has 0 spiro atoms. The number of ether oxygens (including phenoxy) is 1. The van der Waals surface area contributed by atoms with E-state index in [1.54, 1.807) is 25.7 Å². The van der Waals surface area contributed by atoms with Crippen molar-refractivity contribution in [2.75, 3.05) is 20.2 Å². The van der Waals surface area contributed by atoms with Crippen LogP contribution in [-0.2, 0) is 17.6 Å². The molecule has 1 amide bonds. The first kappa shape index (κ1) is 20.5. The van der Waals surface area contributed by atoms with Gasteiger partial charge in [-0.1, -0.05) is 18.2 Å². The fourth-order valence-electron chi connectivity index (χ4n) is 3.07. The summed E-state index contributed by atoms with van der Waals surface area (Å²) in [6.07, 6.45) is 8.67. The molecule has 6 heteroatoms. The minimum absolute atomic E-state index is 0.0585. The van der Waals surface area contributed by atoms with Crippen LogP contribution in [0.2, 0.25) is 0 Å². The SMILES string of the molecule is COc1cccc(C(NCCc2ccncc2)C(=O)NCCc2cccnc2)c1. The van der Waals surface area contributed by atoms with Gasteiger partial charge in [-0.2, -0.15) is 0 Å². The highest BCUT2D eigenvalue weighted by atomic mass is 16.5. The number of benzene rings is 1. The minimum atomic E-state index is -0.458. The number of nitrogens with zero attached hydrogens (tertiary/aromatic N) is 2. The Labute approximate surface area is 171 Å². The lowest BCUT2D eigenvalue weighted by Gasteiger charge is -2.19. The number of pyridine rings is 2. The van der Waals surface area contributed by atoms with Gasteiger partial charge in [0.05, 0.1) is 7.11 Å². The lowest BCUT2D eigenvalue weighted by atomic mass is 10.0. The average molecular weight is 390 g/mol. The molecular formula is C23H26N4O2. The third kappa shape index (κ3) is 6.40. The van der Waals surface area contributed by atoms with Crippen LogP contribution in [0, 0.1) is 0 Å². The van der Waals surface area contributed by atoms with Crippen molar-refractivity contribution in [2.24, 2.45) is 0 Å². The number of hydrogen-bond acceptors (Lipinski definition) is 5. The first-order valence-electron chi connectivity index (χ1n) is 9.69. The molecule has 29 heavy (non-hydrogen) atoms. The Balaban J connectivity index is 1.63. The van der Waals surface area contributed by atoms with Gasteiger partial charge in [0.1, 0.15) is 11.8 Å². The maximum atomic E-state index is 12.9. The van der Waals surface area contributed by atoms with E-state index in [-0.39, 0.29) is 5.91 Å². The molecule has 0 bridgehead atoms. The Morgan fingerprint density at radius 3 is 2.55 bits per heavy atom. The van der Waals surface area contributed by atoms with Crippen LogP contribution in [0.3, 0.4) is 0 Å². The van der Waals surface area contributed by atoms with Crippen molar-refractivity contribution in [3.8, 4) is 5.75 Å². The summed E-state index contributed by atoms with van der Waals surface area (Å²) in [5.74, 6) is 0.670. The van der Waals surface area contributed by atoms with Gasteiger partial charge in [-0.3, -0.25) is 14.8 Å². The standard InChI is InChI=1S/C23H26N4O2/c1-29-21-6-2-5-20(16-21)22(26-14-9-18-7-12-24-13-8-18)23(28)27-15-10-19-4-3-11-25-17-19/h2-8,11-13,16-17,22,26H,9-10,14-15H2,1H3,(H,27,28). The molecule has 0 saturated heterocycles. The van der Waals surface area contributed by atoms with Crippen molar-refractivity contribution in [2.45, 2.75) is 18.9 Å². The maximum absolute atomic E-state index is 12.9. The zero-order valence-electron chi connectivity index (χ0n) is 16.5. The molecule has 150 valence electrons. The van der Waals surface area contributed by atoms with Crippen molar-refractivity contribution >= 4 is 5.91 Å². The quantitative estimate of drug-likeness (QED) is 0.557. The Hall–Kier alpha value is -3.25. The van der Waals surface area contributed by atoms with E-state index in [2.05, 4.69) is 20.6 Å². The summed E-state index contributed by atoms with van der Waals surface area (Å²) in [4.78, 5) is 21.1. The topological polar surface area (TPSA) is 76.1 Å². The predicted octanol–water partition coefficient (Wildman–Crippen LogP) is 2.72. The van der Waals surface area contributed by atoms with Crippen molar-refractivity contribution in [1.82, 2.24) is 20.6 Å². The molecule has 0 saturated carbocycles. The second-order valence-electron chi connectivity index (χ2n) is 6.67. The fraction of sp³-hybridized carbons (Fsp3) is 0.261. The number of methoxy groups -OCH3 is 1. The molecule has 2 heterocycles. The molecular weight excluding hydrogens is 364 g/mol. The molecule has 0 aliphatic rings. The van der Waals surface area contributed by atoms with Gasteiger partial charge in [0.15, 0.2) is 0 Å². The van der Waals surface area contributed by atoms with E-state index in [0.29, 0.717) is 13.1 Å². The number of carbonyl (C=O) groups excluding carboxylic acids is 1. The van der Waals surface area contributed by atoms with Crippen LogP contribution in [0.15, 0.2) is 73.3 Å². The lowest BCUT2D eigenvalue weighted by molar-refractivity contribution is -0.123. The predicted molar refractivity (Wildman–Crippen MR) is 113 cm³/mol. The molecule has 0 radical (unpaired) electrons. The number of carbonyl (C=O) groups is 1. The summed E-state index contributed by atoms with van der Waals surface area (Å²) < 4.78 is 5.32. The zero-order chi connectivity index (χ0) is 20.3. The van der Waals surface area contributed by atoms with Crippen LogP contribution >= 0.6 is 0 Å². The van der Waals surface area contributed by atoms with Crippen LogP contribution in [0.1, 0.15) is 22.7 Å². The maximum Gasteiger partial charge on any atom is 0.241 e. The number of amides is 1. The smallest absolute Gasteiger partial charge is 0.241 e. The number of rotatable bonds is 10. The summed E-state index contributed by atoms with van der Waals surface area (Å²) in [7, 11) is 1.62. The highest BCUT2D eigenvalue weighted by Gasteiger charge is 2.20. The van der Waals surface area contributed by atoms with Crippen LogP contribution in [-0.4, -0.2) is 36.1 Å². The largest absolute Gasteiger partial charge is 0.497 e.